The van der Waals surface area contributed by atoms with Gasteiger partial charge in [0.1, 0.15) is 5.82 Å². The van der Waals surface area contributed by atoms with E-state index < -0.39 is 21.6 Å². The lowest BCUT2D eigenvalue weighted by atomic mass is 10.2. The van der Waals surface area contributed by atoms with Gasteiger partial charge >= 0.3 is 0 Å². The van der Waals surface area contributed by atoms with Crippen LogP contribution in [0.3, 0.4) is 0 Å². The van der Waals surface area contributed by atoms with Crippen molar-refractivity contribution in [1.29, 1.82) is 0 Å². The van der Waals surface area contributed by atoms with Crippen molar-refractivity contribution in [3.05, 3.63) is 94.8 Å². The first-order valence-electron chi connectivity index (χ1n) is 8.13. The Morgan fingerprint density at radius 2 is 1.59 bits per heavy atom. The lowest BCUT2D eigenvalue weighted by molar-refractivity contribution is 0.591. The third kappa shape index (κ3) is 5.73. The number of hydrogen-bond donors (Lipinski definition) is 1. The highest BCUT2D eigenvalue weighted by molar-refractivity contribution is 7.98. The smallest absolute Gasteiger partial charge is 0.237 e. The fourth-order valence-electron chi connectivity index (χ4n) is 2.44. The third-order valence-corrected chi connectivity index (χ3v) is 6.38. The maximum absolute atomic E-state index is 13.8. The predicted molar refractivity (Wildman–Crippen MR) is 110 cm³/mol. The van der Waals surface area contributed by atoms with E-state index in [1.54, 1.807) is 18.2 Å². The number of rotatable bonds is 7. The quantitative estimate of drug-likeness (QED) is 0.497. The normalized spacial score (nSPS) is 11.3. The molecule has 0 aliphatic heterocycles. The molecule has 0 saturated carbocycles. The van der Waals surface area contributed by atoms with Crippen LogP contribution in [0, 0.1) is 5.82 Å². The van der Waals surface area contributed by atoms with Crippen molar-refractivity contribution >= 4 is 39.1 Å². The summed E-state index contributed by atoms with van der Waals surface area (Å²) >= 11 is 7.41. The van der Waals surface area contributed by atoms with Gasteiger partial charge in [-0.2, -0.15) is 0 Å². The zero-order chi connectivity index (χ0) is 19.3. The van der Waals surface area contributed by atoms with Gasteiger partial charge in [-0.15, -0.1) is 11.8 Å². The first-order chi connectivity index (χ1) is 12.9. The van der Waals surface area contributed by atoms with E-state index in [4.69, 9.17) is 11.6 Å². The van der Waals surface area contributed by atoms with Crippen molar-refractivity contribution in [3.63, 3.8) is 0 Å². The van der Waals surface area contributed by atoms with E-state index in [1.165, 1.54) is 30.0 Å². The number of halogens is 2. The summed E-state index contributed by atoms with van der Waals surface area (Å²) in [5, 5.41) is 0.671. The zero-order valence-corrected chi connectivity index (χ0v) is 16.6. The van der Waals surface area contributed by atoms with E-state index >= 15 is 0 Å². The molecule has 27 heavy (non-hydrogen) atoms. The summed E-state index contributed by atoms with van der Waals surface area (Å²) in [6.45, 7) is 0. The molecule has 3 aromatic rings. The summed E-state index contributed by atoms with van der Waals surface area (Å²) < 4.78 is 41.3. The Labute approximate surface area is 167 Å². The molecule has 0 saturated heterocycles. The Hall–Kier alpha value is -2.02. The number of nitrogens with one attached hydrogen (secondary N) is 1. The van der Waals surface area contributed by atoms with Crippen molar-refractivity contribution in [2.45, 2.75) is 16.4 Å². The van der Waals surface area contributed by atoms with Gasteiger partial charge in [-0.05, 0) is 35.9 Å². The average Bonchev–Trinajstić information content (AvgIpc) is 2.64. The Morgan fingerprint density at radius 1 is 0.926 bits per heavy atom. The summed E-state index contributed by atoms with van der Waals surface area (Å²) in [6.07, 6.45) is 0. The van der Waals surface area contributed by atoms with Crippen LogP contribution in [0.5, 0.6) is 0 Å². The van der Waals surface area contributed by atoms with Crippen LogP contribution in [0.15, 0.2) is 77.7 Å². The van der Waals surface area contributed by atoms with Crippen LogP contribution in [0.1, 0.15) is 11.1 Å². The van der Waals surface area contributed by atoms with Crippen molar-refractivity contribution in [1.82, 2.24) is 0 Å². The molecule has 0 bridgehead atoms. The molecule has 0 unspecified atom stereocenters. The SMILES string of the molecule is O=S(=O)(Cc1ccccc1F)Nc1ccccc1SCc1ccc(Cl)cc1. The Bertz CT molecular complexity index is 1020. The fraction of sp³-hybridized carbons (Fsp3) is 0.100. The van der Waals surface area contributed by atoms with Gasteiger partial charge in [0.15, 0.2) is 0 Å². The summed E-state index contributed by atoms with van der Waals surface area (Å²) in [6, 6.07) is 20.5. The zero-order valence-electron chi connectivity index (χ0n) is 14.2. The molecule has 1 N–H and O–H groups in total. The van der Waals surface area contributed by atoms with Crippen LogP contribution >= 0.6 is 23.4 Å². The molecule has 0 aromatic heterocycles. The lowest BCUT2D eigenvalue weighted by Crippen LogP contribution is -2.16. The van der Waals surface area contributed by atoms with Crippen molar-refractivity contribution in [2.24, 2.45) is 0 Å². The van der Waals surface area contributed by atoms with Crippen LogP contribution in [-0.4, -0.2) is 8.42 Å². The standard InChI is InChI=1S/C20H17ClFNO2S2/c21-17-11-9-15(10-12-17)13-26-20-8-4-3-7-19(20)23-27(24,25)14-16-5-1-2-6-18(16)22/h1-12,23H,13-14H2. The predicted octanol–water partition coefficient (Wildman–Crippen LogP) is 5.71. The van der Waals surface area contributed by atoms with Gasteiger partial charge in [0, 0.05) is 21.2 Å². The molecule has 0 heterocycles. The summed E-state index contributed by atoms with van der Waals surface area (Å²) in [5.41, 5.74) is 1.69. The summed E-state index contributed by atoms with van der Waals surface area (Å²) in [5.74, 6) is -0.285. The highest BCUT2D eigenvalue weighted by atomic mass is 35.5. The summed E-state index contributed by atoms with van der Waals surface area (Å²) in [7, 11) is -3.74. The molecule has 0 aliphatic rings. The van der Waals surface area contributed by atoms with Crippen molar-refractivity contribution in [2.75, 3.05) is 4.72 Å². The minimum absolute atomic E-state index is 0.135. The Morgan fingerprint density at radius 3 is 2.33 bits per heavy atom. The second-order valence-corrected chi connectivity index (χ2v) is 9.04. The fourth-order valence-corrected chi connectivity index (χ4v) is 4.83. The largest absolute Gasteiger partial charge is 0.282 e. The second kappa shape index (κ2) is 8.78. The molecular formula is C20H17ClFNO2S2. The molecular weight excluding hydrogens is 405 g/mol. The number of para-hydroxylation sites is 1. The van der Waals surface area contributed by atoms with Gasteiger partial charge < -0.3 is 0 Å². The first kappa shape index (κ1) is 19.7. The van der Waals surface area contributed by atoms with Gasteiger partial charge in [0.05, 0.1) is 11.4 Å². The highest BCUT2D eigenvalue weighted by Crippen LogP contribution is 2.31. The van der Waals surface area contributed by atoms with E-state index in [-0.39, 0.29) is 5.56 Å². The van der Waals surface area contributed by atoms with Crippen LogP contribution in [0.2, 0.25) is 5.02 Å². The monoisotopic (exact) mass is 421 g/mol. The lowest BCUT2D eigenvalue weighted by Gasteiger charge is -2.13. The number of benzene rings is 3. The minimum Gasteiger partial charge on any atom is -0.282 e. The van der Waals surface area contributed by atoms with E-state index in [9.17, 15) is 12.8 Å². The molecule has 3 rings (SSSR count). The van der Waals surface area contributed by atoms with Crippen LogP contribution in [-0.2, 0) is 21.5 Å². The number of sulfonamides is 1. The van der Waals surface area contributed by atoms with Crippen LogP contribution in [0.4, 0.5) is 10.1 Å². The Kier molecular flexibility index (Phi) is 6.42. The maximum atomic E-state index is 13.8. The minimum atomic E-state index is -3.74. The number of hydrogen-bond acceptors (Lipinski definition) is 3. The van der Waals surface area contributed by atoms with E-state index in [2.05, 4.69) is 4.72 Å². The van der Waals surface area contributed by atoms with Crippen LogP contribution < -0.4 is 4.72 Å². The molecule has 140 valence electrons. The third-order valence-electron chi connectivity index (χ3n) is 3.76. The van der Waals surface area contributed by atoms with Crippen molar-refractivity contribution in [3.8, 4) is 0 Å². The second-order valence-electron chi connectivity index (χ2n) is 5.86. The van der Waals surface area contributed by atoms with Crippen LogP contribution in [0.25, 0.3) is 0 Å². The molecule has 0 radical (unpaired) electrons. The topological polar surface area (TPSA) is 46.2 Å². The molecule has 3 aromatic carbocycles. The van der Waals surface area contributed by atoms with E-state index in [1.807, 2.05) is 36.4 Å². The molecule has 0 amide bonds. The van der Waals surface area contributed by atoms with Gasteiger partial charge in [-0.3, -0.25) is 4.72 Å². The van der Waals surface area contributed by atoms with Gasteiger partial charge in [0.2, 0.25) is 10.0 Å². The van der Waals surface area contributed by atoms with E-state index in [0.29, 0.717) is 16.5 Å². The highest BCUT2D eigenvalue weighted by Gasteiger charge is 2.16. The molecule has 3 nitrogen and oxygen atoms in total. The molecule has 7 heteroatoms. The molecule has 0 spiro atoms. The maximum Gasteiger partial charge on any atom is 0.237 e. The first-order valence-corrected chi connectivity index (χ1v) is 11.1. The molecule has 0 aliphatic carbocycles. The summed E-state index contributed by atoms with van der Waals surface area (Å²) in [4.78, 5) is 0.796. The van der Waals surface area contributed by atoms with Gasteiger partial charge in [0.25, 0.3) is 0 Å². The van der Waals surface area contributed by atoms with Gasteiger partial charge in [-0.1, -0.05) is 54.1 Å². The average molecular weight is 422 g/mol. The molecule has 0 fully saturated rings. The number of anilines is 1. The Balaban J connectivity index is 1.73. The molecule has 0 atom stereocenters. The van der Waals surface area contributed by atoms with E-state index in [0.717, 1.165) is 10.5 Å². The van der Waals surface area contributed by atoms with Crippen molar-refractivity contribution < 1.29 is 12.8 Å². The van der Waals surface area contributed by atoms with Gasteiger partial charge in [-0.25, -0.2) is 12.8 Å². The number of thioether (sulfide) groups is 1.